The van der Waals surface area contributed by atoms with Gasteiger partial charge in [0, 0.05) is 17.0 Å². The van der Waals surface area contributed by atoms with Gasteiger partial charge < -0.3 is 5.32 Å². The number of halogens is 1. The summed E-state index contributed by atoms with van der Waals surface area (Å²) >= 11 is 7.17. The molecule has 0 fully saturated rings. The molecule has 118 valence electrons. The average molecular weight is 341 g/mol. The van der Waals surface area contributed by atoms with Crippen molar-refractivity contribution in [1.29, 1.82) is 0 Å². The number of nitrogens with one attached hydrogen (secondary N) is 3. The van der Waals surface area contributed by atoms with Crippen molar-refractivity contribution in [3.63, 3.8) is 0 Å². The Labute approximate surface area is 137 Å². The topological polar surface area (TPSA) is 90.6 Å². The lowest BCUT2D eigenvalue weighted by molar-refractivity contribution is -0.118. The minimum atomic E-state index is -0.384. The summed E-state index contributed by atoms with van der Waals surface area (Å²) in [5.41, 5.74) is 0.445. The molecule has 6 nitrogen and oxygen atoms in total. The van der Waals surface area contributed by atoms with Crippen LogP contribution in [0.15, 0.2) is 34.2 Å². The highest BCUT2D eigenvalue weighted by molar-refractivity contribution is 7.99. The van der Waals surface area contributed by atoms with Gasteiger partial charge in [-0.3, -0.25) is 9.78 Å². The van der Waals surface area contributed by atoms with E-state index in [-0.39, 0.29) is 22.8 Å². The van der Waals surface area contributed by atoms with Crippen molar-refractivity contribution < 1.29 is 4.79 Å². The lowest BCUT2D eigenvalue weighted by Crippen LogP contribution is -2.37. The standard InChI is InChI=1S/C14H17ClN4O2S/c1-14(2,9-4-3-5-10(15)6-9)8-16-11(20)7-22-13-17-12(21)18-19-13/h3-6H,7-8H2,1-2H3,(H,16,20)(H2,17,18,19,21). The summed E-state index contributed by atoms with van der Waals surface area (Å²) in [6.07, 6.45) is 0. The van der Waals surface area contributed by atoms with Crippen LogP contribution in [0.25, 0.3) is 0 Å². The third kappa shape index (κ3) is 4.64. The minimum Gasteiger partial charge on any atom is -0.355 e. The number of carbonyl (C=O) groups excluding carboxylic acids is 1. The van der Waals surface area contributed by atoms with Crippen LogP contribution in [0.4, 0.5) is 0 Å². The van der Waals surface area contributed by atoms with Gasteiger partial charge >= 0.3 is 5.69 Å². The van der Waals surface area contributed by atoms with Crippen molar-refractivity contribution in [2.75, 3.05) is 12.3 Å². The first-order chi connectivity index (χ1) is 10.4. The molecule has 0 aliphatic carbocycles. The quantitative estimate of drug-likeness (QED) is 0.701. The molecule has 22 heavy (non-hydrogen) atoms. The van der Waals surface area contributed by atoms with Crippen molar-refractivity contribution in [3.8, 4) is 0 Å². The molecule has 2 rings (SSSR count). The van der Waals surface area contributed by atoms with E-state index in [0.29, 0.717) is 16.7 Å². The Hall–Kier alpha value is -1.73. The van der Waals surface area contributed by atoms with Crippen molar-refractivity contribution in [2.24, 2.45) is 0 Å². The van der Waals surface area contributed by atoms with Gasteiger partial charge in [0.15, 0.2) is 5.16 Å². The van der Waals surface area contributed by atoms with E-state index in [0.717, 1.165) is 5.56 Å². The van der Waals surface area contributed by atoms with Crippen LogP contribution in [0.1, 0.15) is 19.4 Å². The molecule has 0 unspecified atom stereocenters. The number of rotatable bonds is 6. The second-order valence-corrected chi connectivity index (χ2v) is 6.84. The number of amides is 1. The zero-order valence-corrected chi connectivity index (χ0v) is 13.8. The van der Waals surface area contributed by atoms with Gasteiger partial charge in [-0.2, -0.15) is 0 Å². The molecule has 8 heteroatoms. The number of H-pyrrole nitrogens is 2. The maximum atomic E-state index is 11.9. The van der Waals surface area contributed by atoms with Gasteiger partial charge in [-0.1, -0.05) is 49.3 Å². The van der Waals surface area contributed by atoms with Crippen LogP contribution < -0.4 is 11.0 Å². The van der Waals surface area contributed by atoms with Crippen LogP contribution in [-0.4, -0.2) is 33.4 Å². The van der Waals surface area contributed by atoms with Crippen LogP contribution in [0.2, 0.25) is 5.02 Å². The Morgan fingerprint density at radius 3 is 2.86 bits per heavy atom. The first-order valence-electron chi connectivity index (χ1n) is 6.67. The molecule has 0 aliphatic heterocycles. The van der Waals surface area contributed by atoms with E-state index in [9.17, 15) is 9.59 Å². The summed E-state index contributed by atoms with van der Waals surface area (Å²) in [6.45, 7) is 4.57. The fraction of sp³-hybridized carbons (Fsp3) is 0.357. The number of thioether (sulfide) groups is 1. The lowest BCUT2D eigenvalue weighted by atomic mass is 9.84. The Morgan fingerprint density at radius 2 is 2.23 bits per heavy atom. The highest BCUT2D eigenvalue weighted by Gasteiger charge is 2.21. The van der Waals surface area contributed by atoms with Gasteiger partial charge in [-0.25, -0.2) is 9.89 Å². The van der Waals surface area contributed by atoms with Crippen LogP contribution >= 0.6 is 23.4 Å². The number of nitrogens with zero attached hydrogens (tertiary/aromatic N) is 1. The highest BCUT2D eigenvalue weighted by Crippen LogP contribution is 2.24. The number of hydrogen-bond acceptors (Lipinski definition) is 4. The van der Waals surface area contributed by atoms with E-state index in [1.54, 1.807) is 0 Å². The number of aromatic nitrogens is 3. The van der Waals surface area contributed by atoms with Gasteiger partial charge in [-0.15, -0.1) is 5.10 Å². The molecule has 1 heterocycles. The van der Waals surface area contributed by atoms with E-state index < -0.39 is 0 Å². The summed E-state index contributed by atoms with van der Waals surface area (Å²) < 4.78 is 0. The summed E-state index contributed by atoms with van der Waals surface area (Å²) in [7, 11) is 0. The zero-order chi connectivity index (χ0) is 16.2. The molecule has 0 spiro atoms. The van der Waals surface area contributed by atoms with Crippen LogP contribution in [0.5, 0.6) is 0 Å². The van der Waals surface area contributed by atoms with E-state index in [1.807, 2.05) is 38.1 Å². The molecule has 1 aromatic carbocycles. The van der Waals surface area contributed by atoms with E-state index in [1.165, 1.54) is 11.8 Å². The number of benzene rings is 1. The summed E-state index contributed by atoms with van der Waals surface area (Å²) in [6, 6.07) is 7.60. The molecular formula is C14H17ClN4O2S. The third-order valence-electron chi connectivity index (χ3n) is 3.15. The molecule has 1 amide bonds. The Balaban J connectivity index is 1.85. The zero-order valence-electron chi connectivity index (χ0n) is 12.3. The highest BCUT2D eigenvalue weighted by atomic mass is 35.5. The molecule has 0 saturated heterocycles. The predicted octanol–water partition coefficient (Wildman–Crippen LogP) is 1.94. The molecule has 1 aromatic heterocycles. The average Bonchev–Trinajstić information content (AvgIpc) is 2.89. The van der Waals surface area contributed by atoms with Gasteiger partial charge in [0.2, 0.25) is 5.91 Å². The van der Waals surface area contributed by atoms with Crippen molar-refractivity contribution >= 4 is 29.3 Å². The van der Waals surface area contributed by atoms with Crippen LogP contribution in [-0.2, 0) is 10.2 Å². The largest absolute Gasteiger partial charge is 0.355 e. The Bertz CT molecular complexity index is 711. The molecule has 0 saturated carbocycles. The monoisotopic (exact) mass is 340 g/mol. The Kier molecular flexibility index (Phi) is 5.31. The SMILES string of the molecule is CC(C)(CNC(=O)CSc1n[nH]c(=O)[nH]1)c1cccc(Cl)c1. The number of carbonyl (C=O) groups is 1. The molecule has 2 aromatic rings. The van der Waals surface area contributed by atoms with Crippen molar-refractivity contribution in [2.45, 2.75) is 24.4 Å². The smallest absolute Gasteiger partial charge is 0.341 e. The van der Waals surface area contributed by atoms with Crippen LogP contribution in [0, 0.1) is 0 Å². The van der Waals surface area contributed by atoms with Crippen molar-refractivity contribution in [1.82, 2.24) is 20.5 Å². The first kappa shape index (κ1) is 16.6. The lowest BCUT2D eigenvalue weighted by Gasteiger charge is -2.25. The van der Waals surface area contributed by atoms with Gasteiger partial charge in [-0.05, 0) is 17.7 Å². The molecule has 0 atom stereocenters. The number of hydrogen-bond donors (Lipinski definition) is 3. The predicted molar refractivity (Wildman–Crippen MR) is 87.4 cm³/mol. The summed E-state index contributed by atoms with van der Waals surface area (Å²) in [5.74, 6) is 0.0656. The van der Waals surface area contributed by atoms with Gasteiger partial charge in [0.1, 0.15) is 0 Å². The second kappa shape index (κ2) is 7.02. The fourth-order valence-corrected chi connectivity index (χ4v) is 2.67. The van der Waals surface area contributed by atoms with E-state index in [4.69, 9.17) is 11.6 Å². The maximum absolute atomic E-state index is 11.9. The molecule has 0 bridgehead atoms. The summed E-state index contributed by atoms with van der Waals surface area (Å²) in [5, 5.41) is 9.94. The molecule has 0 radical (unpaired) electrons. The first-order valence-corrected chi connectivity index (χ1v) is 8.03. The second-order valence-electron chi connectivity index (χ2n) is 5.44. The van der Waals surface area contributed by atoms with Gasteiger partial charge in [0.05, 0.1) is 5.75 Å². The number of aromatic amines is 2. The normalized spacial score (nSPS) is 11.4. The van der Waals surface area contributed by atoms with Crippen LogP contribution in [0.3, 0.4) is 0 Å². The minimum absolute atomic E-state index is 0.121. The van der Waals surface area contributed by atoms with Gasteiger partial charge in [0.25, 0.3) is 0 Å². The molecule has 3 N–H and O–H groups in total. The van der Waals surface area contributed by atoms with Crippen molar-refractivity contribution in [3.05, 3.63) is 45.3 Å². The Morgan fingerprint density at radius 1 is 1.45 bits per heavy atom. The molecular weight excluding hydrogens is 324 g/mol. The summed E-state index contributed by atoms with van der Waals surface area (Å²) in [4.78, 5) is 25.2. The van der Waals surface area contributed by atoms with E-state index >= 15 is 0 Å². The maximum Gasteiger partial charge on any atom is 0.341 e. The van der Waals surface area contributed by atoms with E-state index in [2.05, 4.69) is 20.5 Å². The molecule has 0 aliphatic rings. The fourth-order valence-electron chi connectivity index (χ4n) is 1.84. The third-order valence-corrected chi connectivity index (χ3v) is 4.26.